The summed E-state index contributed by atoms with van der Waals surface area (Å²) in [6, 6.07) is 16.8. The van der Waals surface area contributed by atoms with Gasteiger partial charge < -0.3 is 14.8 Å². The van der Waals surface area contributed by atoms with Gasteiger partial charge in [-0.3, -0.25) is 9.78 Å². The molecule has 32 heavy (non-hydrogen) atoms. The van der Waals surface area contributed by atoms with Crippen molar-refractivity contribution in [1.82, 2.24) is 10.3 Å². The SMILES string of the molecule is CCOc1ccc(S(=O)(=O)C(CNC(=O)Cc2ccc(OC)cc2)c2cccnc2)cc1. The van der Waals surface area contributed by atoms with Crippen LogP contribution in [0.4, 0.5) is 0 Å². The molecule has 8 heteroatoms. The van der Waals surface area contributed by atoms with Crippen molar-refractivity contribution >= 4 is 15.7 Å². The lowest BCUT2D eigenvalue weighted by atomic mass is 10.1. The van der Waals surface area contributed by atoms with Crippen LogP contribution in [0.2, 0.25) is 0 Å². The fourth-order valence-electron chi connectivity index (χ4n) is 3.23. The normalized spacial score (nSPS) is 12.1. The molecule has 1 amide bonds. The van der Waals surface area contributed by atoms with Crippen molar-refractivity contribution in [3.05, 3.63) is 84.2 Å². The molecule has 3 rings (SSSR count). The monoisotopic (exact) mass is 454 g/mol. The molecule has 0 saturated carbocycles. The molecule has 0 aliphatic heterocycles. The number of sulfone groups is 1. The Morgan fingerprint density at radius 3 is 2.31 bits per heavy atom. The van der Waals surface area contributed by atoms with E-state index in [-0.39, 0.29) is 23.8 Å². The maximum absolute atomic E-state index is 13.4. The number of nitrogens with zero attached hydrogens (tertiary/aromatic N) is 1. The molecule has 0 fully saturated rings. The van der Waals surface area contributed by atoms with Gasteiger partial charge in [0.25, 0.3) is 0 Å². The molecule has 168 valence electrons. The summed E-state index contributed by atoms with van der Waals surface area (Å²) in [5.41, 5.74) is 1.31. The maximum atomic E-state index is 13.4. The third-order valence-electron chi connectivity index (χ3n) is 4.90. The highest BCUT2D eigenvalue weighted by atomic mass is 32.2. The molecule has 1 aromatic heterocycles. The van der Waals surface area contributed by atoms with Crippen LogP contribution in [-0.4, -0.2) is 39.6 Å². The zero-order valence-electron chi connectivity index (χ0n) is 18.0. The zero-order chi connectivity index (χ0) is 23.0. The minimum absolute atomic E-state index is 0.0732. The molecule has 1 N–H and O–H groups in total. The second-order valence-corrected chi connectivity index (χ2v) is 9.18. The highest BCUT2D eigenvalue weighted by Gasteiger charge is 2.30. The predicted octanol–water partition coefficient (Wildman–Crippen LogP) is 3.36. The number of rotatable bonds is 10. The quantitative estimate of drug-likeness (QED) is 0.505. The Morgan fingerprint density at radius 2 is 1.72 bits per heavy atom. The van der Waals surface area contributed by atoms with Crippen molar-refractivity contribution in [3.63, 3.8) is 0 Å². The van der Waals surface area contributed by atoms with Gasteiger partial charge in [0.15, 0.2) is 9.84 Å². The third kappa shape index (κ3) is 5.85. The predicted molar refractivity (Wildman–Crippen MR) is 121 cm³/mol. The van der Waals surface area contributed by atoms with E-state index in [0.717, 1.165) is 5.56 Å². The first-order valence-electron chi connectivity index (χ1n) is 10.2. The summed E-state index contributed by atoms with van der Waals surface area (Å²) in [6.07, 6.45) is 3.21. The number of carbonyl (C=O) groups is 1. The number of amides is 1. The number of hydrogen-bond acceptors (Lipinski definition) is 6. The number of methoxy groups -OCH3 is 1. The van der Waals surface area contributed by atoms with Crippen molar-refractivity contribution < 1.29 is 22.7 Å². The van der Waals surface area contributed by atoms with Gasteiger partial charge in [0.05, 0.1) is 25.0 Å². The van der Waals surface area contributed by atoms with Crippen LogP contribution in [0, 0.1) is 0 Å². The third-order valence-corrected chi connectivity index (χ3v) is 7.02. The summed E-state index contributed by atoms with van der Waals surface area (Å²) < 4.78 is 37.3. The van der Waals surface area contributed by atoms with E-state index >= 15 is 0 Å². The molecular formula is C24H26N2O5S. The smallest absolute Gasteiger partial charge is 0.224 e. The molecular weight excluding hydrogens is 428 g/mol. The fraction of sp³-hybridized carbons (Fsp3) is 0.250. The first-order valence-corrected chi connectivity index (χ1v) is 11.7. The number of pyridine rings is 1. The average Bonchev–Trinajstić information content (AvgIpc) is 2.81. The van der Waals surface area contributed by atoms with E-state index in [9.17, 15) is 13.2 Å². The van der Waals surface area contributed by atoms with Crippen molar-refractivity contribution in [1.29, 1.82) is 0 Å². The number of nitrogens with one attached hydrogen (secondary N) is 1. The molecule has 0 aliphatic carbocycles. The van der Waals surface area contributed by atoms with Crippen LogP contribution in [0.1, 0.15) is 23.3 Å². The van der Waals surface area contributed by atoms with Crippen LogP contribution in [0.3, 0.4) is 0 Å². The Hall–Kier alpha value is -3.39. The van der Waals surface area contributed by atoms with Gasteiger partial charge in [0.1, 0.15) is 16.7 Å². The molecule has 0 spiro atoms. The minimum atomic E-state index is -3.79. The van der Waals surface area contributed by atoms with Crippen LogP contribution >= 0.6 is 0 Å². The second kappa shape index (κ2) is 10.8. The van der Waals surface area contributed by atoms with E-state index in [4.69, 9.17) is 9.47 Å². The van der Waals surface area contributed by atoms with Crippen LogP contribution < -0.4 is 14.8 Å². The fourth-order valence-corrected chi connectivity index (χ4v) is 4.87. The van der Waals surface area contributed by atoms with Gasteiger partial charge in [-0.2, -0.15) is 0 Å². The Balaban J connectivity index is 1.77. The van der Waals surface area contributed by atoms with Gasteiger partial charge >= 0.3 is 0 Å². The molecule has 1 atom stereocenters. The number of benzene rings is 2. The van der Waals surface area contributed by atoms with E-state index in [1.165, 1.54) is 18.3 Å². The van der Waals surface area contributed by atoms with Crippen LogP contribution in [0.5, 0.6) is 11.5 Å². The van der Waals surface area contributed by atoms with E-state index in [0.29, 0.717) is 23.7 Å². The maximum Gasteiger partial charge on any atom is 0.224 e. The average molecular weight is 455 g/mol. The van der Waals surface area contributed by atoms with Crippen molar-refractivity contribution in [2.45, 2.75) is 23.5 Å². The number of aromatic nitrogens is 1. The van der Waals surface area contributed by atoms with Crippen LogP contribution in [0.15, 0.2) is 78.0 Å². The van der Waals surface area contributed by atoms with E-state index < -0.39 is 15.1 Å². The van der Waals surface area contributed by atoms with Gasteiger partial charge in [-0.25, -0.2) is 8.42 Å². The molecule has 0 aliphatic rings. The van der Waals surface area contributed by atoms with E-state index in [1.807, 2.05) is 6.92 Å². The number of hydrogen-bond donors (Lipinski definition) is 1. The van der Waals surface area contributed by atoms with Gasteiger partial charge in [-0.05, 0) is 60.5 Å². The van der Waals surface area contributed by atoms with Gasteiger partial charge in [-0.15, -0.1) is 0 Å². The molecule has 0 radical (unpaired) electrons. The van der Waals surface area contributed by atoms with Gasteiger partial charge in [-0.1, -0.05) is 18.2 Å². The first kappa shape index (κ1) is 23.3. The standard InChI is InChI=1S/C24H26N2O5S/c1-3-31-21-10-12-22(13-11-21)32(28,29)23(19-5-4-14-25-16-19)17-26-24(27)15-18-6-8-20(30-2)9-7-18/h4-14,16,23H,3,15,17H2,1-2H3,(H,26,27). The van der Waals surface area contributed by atoms with Crippen molar-refractivity contribution in [2.75, 3.05) is 20.3 Å². The van der Waals surface area contributed by atoms with E-state index in [1.54, 1.807) is 61.8 Å². The largest absolute Gasteiger partial charge is 0.497 e. The molecule has 7 nitrogen and oxygen atoms in total. The summed E-state index contributed by atoms with van der Waals surface area (Å²) in [4.78, 5) is 16.7. The van der Waals surface area contributed by atoms with Crippen LogP contribution in [-0.2, 0) is 21.1 Å². The summed E-state index contributed by atoms with van der Waals surface area (Å²) in [5.74, 6) is 1.02. The molecule has 3 aromatic rings. The van der Waals surface area contributed by atoms with Gasteiger partial charge in [0.2, 0.25) is 5.91 Å². The lowest BCUT2D eigenvalue weighted by Crippen LogP contribution is -2.33. The second-order valence-electron chi connectivity index (χ2n) is 7.05. The Morgan fingerprint density at radius 1 is 1.03 bits per heavy atom. The minimum Gasteiger partial charge on any atom is -0.497 e. The summed E-state index contributed by atoms with van der Waals surface area (Å²) >= 11 is 0. The topological polar surface area (TPSA) is 94.6 Å². The molecule has 1 unspecified atom stereocenters. The Kier molecular flexibility index (Phi) is 7.83. The van der Waals surface area contributed by atoms with Crippen molar-refractivity contribution in [2.24, 2.45) is 0 Å². The summed E-state index contributed by atoms with van der Waals surface area (Å²) in [5, 5.41) is 1.79. The van der Waals surface area contributed by atoms with E-state index in [2.05, 4.69) is 10.3 Å². The van der Waals surface area contributed by atoms with Crippen LogP contribution in [0.25, 0.3) is 0 Å². The number of carbonyl (C=O) groups excluding carboxylic acids is 1. The van der Waals surface area contributed by atoms with Crippen molar-refractivity contribution in [3.8, 4) is 11.5 Å². The zero-order valence-corrected chi connectivity index (χ0v) is 18.8. The van der Waals surface area contributed by atoms with Gasteiger partial charge in [0, 0.05) is 18.9 Å². The number of ether oxygens (including phenoxy) is 2. The lowest BCUT2D eigenvalue weighted by Gasteiger charge is -2.19. The highest BCUT2D eigenvalue weighted by molar-refractivity contribution is 7.91. The summed E-state index contributed by atoms with van der Waals surface area (Å²) in [6.45, 7) is 2.28. The lowest BCUT2D eigenvalue weighted by molar-refractivity contribution is -0.120. The Labute approximate surface area is 188 Å². The molecule has 2 aromatic carbocycles. The molecule has 0 bridgehead atoms. The Bertz CT molecular complexity index is 1120. The molecule has 1 heterocycles. The molecule has 0 saturated heterocycles. The summed E-state index contributed by atoms with van der Waals surface area (Å²) in [7, 11) is -2.22. The highest BCUT2D eigenvalue weighted by Crippen LogP contribution is 2.29. The first-order chi connectivity index (χ1) is 15.4.